The molecule has 0 heterocycles. The summed E-state index contributed by atoms with van der Waals surface area (Å²) in [5, 5.41) is 5.72. The zero-order valence-corrected chi connectivity index (χ0v) is 15.8. The molecule has 0 unspecified atom stereocenters. The Balaban J connectivity index is 1.80. The molecule has 2 N–H and O–H groups in total. The Hall–Kier alpha value is -1.98. The van der Waals surface area contributed by atoms with E-state index in [9.17, 15) is 9.59 Å². The molecule has 1 atom stereocenters. The van der Waals surface area contributed by atoms with Crippen molar-refractivity contribution < 1.29 is 9.59 Å². The standard InChI is InChI=1S/C19H21ClN2O2S/c1-3-14-8-10-15(11-9-14)21-18(23)12-25-13(2)19(24)22-17-7-5-4-6-16(17)20/h4-11,13H,3,12H2,1-2H3,(H,21,23)(H,22,24)/t13-/m1/s1. The zero-order valence-electron chi connectivity index (χ0n) is 14.2. The van der Waals surface area contributed by atoms with E-state index < -0.39 is 0 Å². The second-order valence-corrected chi connectivity index (χ2v) is 7.26. The van der Waals surface area contributed by atoms with Gasteiger partial charge in [0.25, 0.3) is 0 Å². The van der Waals surface area contributed by atoms with E-state index in [2.05, 4.69) is 17.6 Å². The molecule has 25 heavy (non-hydrogen) atoms. The fourth-order valence-electron chi connectivity index (χ4n) is 2.09. The summed E-state index contributed by atoms with van der Waals surface area (Å²) in [5.74, 6) is -0.114. The maximum absolute atomic E-state index is 12.2. The van der Waals surface area contributed by atoms with Crippen LogP contribution in [0.25, 0.3) is 0 Å². The van der Waals surface area contributed by atoms with Crippen molar-refractivity contribution in [3.05, 3.63) is 59.1 Å². The van der Waals surface area contributed by atoms with E-state index in [0.29, 0.717) is 10.7 Å². The van der Waals surface area contributed by atoms with Gasteiger partial charge >= 0.3 is 0 Å². The van der Waals surface area contributed by atoms with Crippen LogP contribution >= 0.6 is 23.4 Å². The molecule has 0 aliphatic rings. The normalized spacial score (nSPS) is 11.6. The number of hydrogen-bond donors (Lipinski definition) is 2. The first-order valence-corrected chi connectivity index (χ1v) is 9.48. The first-order valence-electron chi connectivity index (χ1n) is 8.05. The van der Waals surface area contributed by atoms with Gasteiger partial charge < -0.3 is 10.6 Å². The van der Waals surface area contributed by atoms with Crippen LogP contribution in [0.15, 0.2) is 48.5 Å². The summed E-state index contributed by atoms with van der Waals surface area (Å²) >= 11 is 7.30. The van der Waals surface area contributed by atoms with E-state index in [4.69, 9.17) is 11.6 Å². The number of anilines is 2. The third kappa shape index (κ3) is 6.11. The van der Waals surface area contributed by atoms with Gasteiger partial charge in [-0.25, -0.2) is 0 Å². The third-order valence-corrected chi connectivity index (χ3v) is 5.08. The van der Waals surface area contributed by atoms with Crippen molar-refractivity contribution in [2.75, 3.05) is 16.4 Å². The van der Waals surface area contributed by atoms with Gasteiger partial charge in [0, 0.05) is 5.69 Å². The van der Waals surface area contributed by atoms with Crippen LogP contribution in [0.5, 0.6) is 0 Å². The van der Waals surface area contributed by atoms with Gasteiger partial charge in [-0.15, -0.1) is 11.8 Å². The molecule has 132 valence electrons. The van der Waals surface area contributed by atoms with E-state index in [-0.39, 0.29) is 22.8 Å². The Bertz CT molecular complexity index is 734. The van der Waals surface area contributed by atoms with E-state index >= 15 is 0 Å². The minimum absolute atomic E-state index is 0.133. The highest BCUT2D eigenvalue weighted by atomic mass is 35.5. The van der Waals surface area contributed by atoms with E-state index in [1.54, 1.807) is 31.2 Å². The highest BCUT2D eigenvalue weighted by molar-refractivity contribution is 8.01. The number of rotatable bonds is 7. The Morgan fingerprint density at radius 3 is 2.40 bits per heavy atom. The molecule has 2 amide bonds. The van der Waals surface area contributed by atoms with Crippen molar-refractivity contribution in [3.8, 4) is 0 Å². The third-order valence-electron chi connectivity index (χ3n) is 3.61. The average molecular weight is 377 g/mol. The molecule has 0 radical (unpaired) electrons. The molecule has 0 saturated carbocycles. The molecule has 6 heteroatoms. The van der Waals surface area contributed by atoms with Gasteiger partial charge in [-0.2, -0.15) is 0 Å². The second kappa shape index (κ2) is 9.49. The largest absolute Gasteiger partial charge is 0.325 e. The molecule has 0 bridgehead atoms. The molecule has 4 nitrogen and oxygen atoms in total. The summed E-state index contributed by atoms with van der Waals surface area (Å²) in [6, 6.07) is 14.8. The van der Waals surface area contributed by atoms with E-state index in [0.717, 1.165) is 12.1 Å². The maximum atomic E-state index is 12.2. The molecule has 2 aromatic rings. The Morgan fingerprint density at radius 2 is 1.76 bits per heavy atom. The lowest BCUT2D eigenvalue weighted by atomic mass is 10.1. The molecular weight excluding hydrogens is 356 g/mol. The SMILES string of the molecule is CCc1ccc(NC(=O)CS[C@H](C)C(=O)Nc2ccccc2Cl)cc1. The van der Waals surface area contributed by atoms with Crippen LogP contribution in [0.2, 0.25) is 5.02 Å². The van der Waals surface area contributed by atoms with Gasteiger partial charge in [0.1, 0.15) is 0 Å². The molecule has 0 aromatic heterocycles. The summed E-state index contributed by atoms with van der Waals surface area (Å²) in [4.78, 5) is 24.2. The molecule has 0 spiro atoms. The number of hydrogen-bond acceptors (Lipinski definition) is 3. The van der Waals surface area contributed by atoms with Gasteiger partial charge in [0.2, 0.25) is 11.8 Å². The molecule has 0 saturated heterocycles. The summed E-state index contributed by atoms with van der Waals surface area (Å²) in [6.07, 6.45) is 0.960. The number of carbonyl (C=O) groups excluding carboxylic acids is 2. The van der Waals surface area contributed by atoms with Gasteiger partial charge in [0.05, 0.1) is 21.7 Å². The fraction of sp³-hybridized carbons (Fsp3) is 0.263. The molecule has 2 rings (SSSR count). The van der Waals surface area contributed by atoms with Crippen LogP contribution in [0.3, 0.4) is 0 Å². The molecule has 0 aliphatic heterocycles. The van der Waals surface area contributed by atoms with Gasteiger partial charge in [-0.3, -0.25) is 9.59 Å². The van der Waals surface area contributed by atoms with Crippen LogP contribution in [0, 0.1) is 0 Å². The summed E-state index contributed by atoms with van der Waals surface area (Å²) < 4.78 is 0. The van der Waals surface area contributed by atoms with Crippen LogP contribution in [-0.2, 0) is 16.0 Å². The topological polar surface area (TPSA) is 58.2 Å². The van der Waals surface area contributed by atoms with Crippen LogP contribution in [0.4, 0.5) is 11.4 Å². The van der Waals surface area contributed by atoms with Crippen molar-refractivity contribution in [1.82, 2.24) is 0 Å². The van der Waals surface area contributed by atoms with Crippen molar-refractivity contribution in [3.63, 3.8) is 0 Å². The second-order valence-electron chi connectivity index (χ2n) is 5.52. The number of para-hydroxylation sites is 1. The van der Waals surface area contributed by atoms with Crippen LogP contribution in [-0.4, -0.2) is 22.8 Å². The first kappa shape index (κ1) is 19.3. The van der Waals surface area contributed by atoms with Gasteiger partial charge in [0.15, 0.2) is 0 Å². The maximum Gasteiger partial charge on any atom is 0.237 e. The molecule has 0 aliphatic carbocycles. The predicted molar refractivity (Wildman–Crippen MR) is 106 cm³/mol. The quantitative estimate of drug-likeness (QED) is 0.742. The Labute approximate surface area is 157 Å². The number of amides is 2. The lowest BCUT2D eigenvalue weighted by Gasteiger charge is -2.13. The molecular formula is C19H21ClN2O2S. The lowest BCUT2D eigenvalue weighted by molar-refractivity contribution is -0.115. The van der Waals surface area contributed by atoms with Crippen LogP contribution in [0.1, 0.15) is 19.4 Å². The summed E-state index contributed by atoms with van der Waals surface area (Å²) in [6.45, 7) is 3.85. The smallest absolute Gasteiger partial charge is 0.237 e. The highest BCUT2D eigenvalue weighted by Crippen LogP contribution is 2.22. The monoisotopic (exact) mass is 376 g/mol. The molecule has 2 aromatic carbocycles. The van der Waals surface area contributed by atoms with Crippen molar-refractivity contribution in [2.45, 2.75) is 25.5 Å². The number of aryl methyl sites for hydroxylation is 1. The summed E-state index contributed by atoms with van der Waals surface area (Å²) in [5.41, 5.74) is 2.55. The number of thioether (sulfide) groups is 1. The number of carbonyl (C=O) groups is 2. The minimum atomic E-state index is -0.371. The van der Waals surface area contributed by atoms with Crippen LogP contribution < -0.4 is 10.6 Å². The van der Waals surface area contributed by atoms with Crippen molar-refractivity contribution >= 4 is 46.6 Å². The van der Waals surface area contributed by atoms with E-state index in [1.807, 2.05) is 24.3 Å². The fourth-order valence-corrected chi connectivity index (χ4v) is 2.96. The number of halogens is 1. The van der Waals surface area contributed by atoms with Crippen molar-refractivity contribution in [1.29, 1.82) is 0 Å². The number of benzene rings is 2. The van der Waals surface area contributed by atoms with Crippen molar-refractivity contribution in [2.24, 2.45) is 0 Å². The predicted octanol–water partition coefficient (Wildman–Crippen LogP) is 4.60. The molecule has 0 fully saturated rings. The number of nitrogens with one attached hydrogen (secondary N) is 2. The van der Waals surface area contributed by atoms with Gasteiger partial charge in [-0.05, 0) is 43.2 Å². The Morgan fingerprint density at radius 1 is 1.08 bits per heavy atom. The van der Waals surface area contributed by atoms with E-state index in [1.165, 1.54) is 17.3 Å². The highest BCUT2D eigenvalue weighted by Gasteiger charge is 2.16. The van der Waals surface area contributed by atoms with Gasteiger partial charge in [-0.1, -0.05) is 42.8 Å². The average Bonchev–Trinajstić information content (AvgIpc) is 2.62. The Kier molecular flexibility index (Phi) is 7.34. The minimum Gasteiger partial charge on any atom is -0.325 e. The lowest BCUT2D eigenvalue weighted by Crippen LogP contribution is -2.25. The summed E-state index contributed by atoms with van der Waals surface area (Å²) in [7, 11) is 0. The first-order chi connectivity index (χ1) is 12.0. The zero-order chi connectivity index (χ0) is 18.2.